The maximum Gasteiger partial charge on any atom is 0.322 e. The molecular formula is C19H23N5O4. The highest BCUT2D eigenvalue weighted by atomic mass is 16.5. The molecule has 3 N–H and O–H groups in total. The van der Waals surface area contributed by atoms with Crippen molar-refractivity contribution in [3.8, 4) is 0 Å². The van der Waals surface area contributed by atoms with E-state index in [9.17, 15) is 14.4 Å². The number of rotatable bonds is 8. The molecule has 1 unspecified atom stereocenters. The van der Waals surface area contributed by atoms with Crippen molar-refractivity contribution in [2.75, 3.05) is 5.32 Å². The molecule has 1 aromatic carbocycles. The second kappa shape index (κ2) is 8.20. The number of amides is 4. The van der Waals surface area contributed by atoms with Crippen LogP contribution < -0.4 is 16.0 Å². The van der Waals surface area contributed by atoms with Gasteiger partial charge in [-0.2, -0.15) is 4.98 Å². The molecule has 3 rings (SSSR count). The number of nitrogens with one attached hydrogen (secondary N) is 3. The molecule has 9 nitrogen and oxygen atoms in total. The number of carbonyl (C=O) groups is 3. The molecule has 2 aromatic rings. The Kier molecular flexibility index (Phi) is 5.72. The first-order valence-corrected chi connectivity index (χ1v) is 9.26. The van der Waals surface area contributed by atoms with Gasteiger partial charge in [-0.1, -0.05) is 24.2 Å². The van der Waals surface area contributed by atoms with Crippen molar-refractivity contribution in [2.24, 2.45) is 0 Å². The monoisotopic (exact) mass is 385 g/mol. The lowest BCUT2D eigenvalue weighted by molar-refractivity contribution is -0.123. The first-order valence-electron chi connectivity index (χ1n) is 9.26. The smallest absolute Gasteiger partial charge is 0.322 e. The van der Waals surface area contributed by atoms with Crippen LogP contribution in [0.5, 0.6) is 0 Å². The Morgan fingerprint density at radius 2 is 2.11 bits per heavy atom. The van der Waals surface area contributed by atoms with Gasteiger partial charge in [0, 0.05) is 24.9 Å². The molecule has 1 atom stereocenters. The average molecular weight is 385 g/mol. The Bertz CT molecular complexity index is 894. The second-order valence-corrected chi connectivity index (χ2v) is 6.87. The zero-order chi connectivity index (χ0) is 20.1. The van der Waals surface area contributed by atoms with Crippen LogP contribution in [0.2, 0.25) is 0 Å². The van der Waals surface area contributed by atoms with Crippen molar-refractivity contribution in [1.82, 2.24) is 20.8 Å². The number of hydrogen-bond donors (Lipinski definition) is 3. The number of benzene rings is 1. The molecule has 1 saturated heterocycles. The third-order valence-corrected chi connectivity index (χ3v) is 4.55. The minimum Gasteiger partial charge on any atom is -0.339 e. The van der Waals surface area contributed by atoms with Crippen molar-refractivity contribution in [1.29, 1.82) is 0 Å². The molecule has 0 radical (unpaired) electrons. The summed E-state index contributed by atoms with van der Waals surface area (Å²) in [4.78, 5) is 40.0. The standard InChI is InChI=1S/C19H23N5O4/c1-3-6-14-21-16(28-24-14)10-5-9-15(25)20-13-8-4-7-12(11-13)19(2)17(26)22-18(27)23-19/h4,7-8,11H,3,5-6,9-10H2,1-2H3,(H,20,25)(H2,22,23,26,27). The molecule has 148 valence electrons. The van der Waals surface area contributed by atoms with E-state index in [1.54, 1.807) is 31.2 Å². The van der Waals surface area contributed by atoms with Crippen LogP contribution in [-0.2, 0) is 28.0 Å². The Morgan fingerprint density at radius 1 is 1.29 bits per heavy atom. The number of anilines is 1. The van der Waals surface area contributed by atoms with Crippen LogP contribution in [0.4, 0.5) is 10.5 Å². The van der Waals surface area contributed by atoms with Gasteiger partial charge in [0.1, 0.15) is 5.54 Å². The number of aryl methyl sites for hydroxylation is 2. The fourth-order valence-corrected chi connectivity index (χ4v) is 2.99. The van der Waals surface area contributed by atoms with Gasteiger partial charge in [0.2, 0.25) is 11.8 Å². The minimum atomic E-state index is -1.16. The largest absolute Gasteiger partial charge is 0.339 e. The molecule has 4 amide bonds. The summed E-state index contributed by atoms with van der Waals surface area (Å²) in [6, 6.07) is 6.32. The molecule has 0 saturated carbocycles. The minimum absolute atomic E-state index is 0.157. The van der Waals surface area contributed by atoms with Gasteiger partial charge in [0.15, 0.2) is 5.82 Å². The number of urea groups is 1. The highest BCUT2D eigenvalue weighted by molar-refractivity contribution is 6.07. The highest BCUT2D eigenvalue weighted by Crippen LogP contribution is 2.26. The van der Waals surface area contributed by atoms with Crippen LogP contribution in [0.15, 0.2) is 28.8 Å². The van der Waals surface area contributed by atoms with Gasteiger partial charge in [-0.15, -0.1) is 0 Å². The maximum atomic E-state index is 12.2. The van der Waals surface area contributed by atoms with E-state index in [1.165, 1.54) is 0 Å². The number of imide groups is 1. The maximum absolute atomic E-state index is 12.2. The zero-order valence-corrected chi connectivity index (χ0v) is 15.9. The van der Waals surface area contributed by atoms with Crippen LogP contribution >= 0.6 is 0 Å². The summed E-state index contributed by atoms with van der Waals surface area (Å²) in [5.41, 5.74) is -0.0185. The van der Waals surface area contributed by atoms with Gasteiger partial charge < -0.3 is 15.2 Å². The summed E-state index contributed by atoms with van der Waals surface area (Å²) in [5.74, 6) is 0.642. The number of carbonyl (C=O) groups excluding carboxylic acids is 3. The predicted molar refractivity (Wildman–Crippen MR) is 100 cm³/mol. The van der Waals surface area contributed by atoms with Gasteiger partial charge in [0.05, 0.1) is 0 Å². The van der Waals surface area contributed by atoms with E-state index in [4.69, 9.17) is 4.52 Å². The number of hydrogen-bond acceptors (Lipinski definition) is 6. The summed E-state index contributed by atoms with van der Waals surface area (Å²) >= 11 is 0. The molecule has 0 aliphatic carbocycles. The highest BCUT2D eigenvalue weighted by Gasteiger charge is 2.43. The van der Waals surface area contributed by atoms with Crippen molar-refractivity contribution >= 4 is 23.5 Å². The van der Waals surface area contributed by atoms with Crippen LogP contribution in [0.25, 0.3) is 0 Å². The van der Waals surface area contributed by atoms with E-state index in [0.717, 1.165) is 12.8 Å². The Balaban J connectivity index is 1.54. The second-order valence-electron chi connectivity index (χ2n) is 6.87. The summed E-state index contributed by atoms with van der Waals surface area (Å²) in [6.45, 7) is 3.66. The Labute approximate surface area is 162 Å². The van der Waals surface area contributed by atoms with Crippen molar-refractivity contribution in [3.63, 3.8) is 0 Å². The van der Waals surface area contributed by atoms with E-state index in [0.29, 0.717) is 42.2 Å². The van der Waals surface area contributed by atoms with E-state index in [1.807, 2.05) is 6.92 Å². The third-order valence-electron chi connectivity index (χ3n) is 4.55. The van der Waals surface area contributed by atoms with Gasteiger partial charge in [-0.25, -0.2) is 4.79 Å². The number of aromatic nitrogens is 2. The lowest BCUT2D eigenvalue weighted by Gasteiger charge is -2.21. The molecule has 1 fully saturated rings. The van der Waals surface area contributed by atoms with Gasteiger partial charge >= 0.3 is 6.03 Å². The molecule has 9 heteroatoms. The van der Waals surface area contributed by atoms with E-state index in [-0.39, 0.29) is 5.91 Å². The van der Waals surface area contributed by atoms with Crippen LogP contribution in [-0.4, -0.2) is 28.0 Å². The normalized spacial score (nSPS) is 18.6. The molecule has 2 heterocycles. The van der Waals surface area contributed by atoms with Crippen LogP contribution in [0.1, 0.15) is 50.4 Å². The molecule has 28 heavy (non-hydrogen) atoms. The van der Waals surface area contributed by atoms with Gasteiger partial charge in [-0.05, 0) is 37.5 Å². The first kappa shape index (κ1) is 19.5. The zero-order valence-electron chi connectivity index (χ0n) is 15.9. The van der Waals surface area contributed by atoms with E-state index < -0.39 is 17.5 Å². The molecule has 0 bridgehead atoms. The third kappa shape index (κ3) is 4.36. The molecule has 0 spiro atoms. The lowest BCUT2D eigenvalue weighted by atomic mass is 9.92. The van der Waals surface area contributed by atoms with Crippen LogP contribution in [0.3, 0.4) is 0 Å². The SMILES string of the molecule is CCCc1noc(CCCC(=O)Nc2cccc(C3(C)NC(=O)NC3=O)c2)n1. The van der Waals surface area contributed by atoms with Crippen LogP contribution in [0, 0.1) is 0 Å². The van der Waals surface area contributed by atoms with E-state index >= 15 is 0 Å². The van der Waals surface area contributed by atoms with Crippen molar-refractivity contribution in [2.45, 2.75) is 51.5 Å². The summed E-state index contributed by atoms with van der Waals surface area (Å²) in [5, 5.41) is 11.5. The molecule has 1 aliphatic rings. The Hall–Kier alpha value is -3.23. The van der Waals surface area contributed by atoms with Crippen molar-refractivity contribution in [3.05, 3.63) is 41.5 Å². The summed E-state index contributed by atoms with van der Waals surface area (Å²) in [7, 11) is 0. The van der Waals surface area contributed by atoms with Crippen molar-refractivity contribution < 1.29 is 18.9 Å². The molecule has 1 aromatic heterocycles. The summed E-state index contributed by atoms with van der Waals surface area (Å²) < 4.78 is 5.15. The molecular weight excluding hydrogens is 362 g/mol. The lowest BCUT2D eigenvalue weighted by Crippen LogP contribution is -2.40. The number of nitrogens with zero attached hydrogens (tertiary/aromatic N) is 2. The average Bonchev–Trinajstić information content (AvgIpc) is 3.19. The fraction of sp³-hybridized carbons (Fsp3) is 0.421. The van der Waals surface area contributed by atoms with Gasteiger partial charge in [0.25, 0.3) is 5.91 Å². The van der Waals surface area contributed by atoms with E-state index in [2.05, 4.69) is 26.1 Å². The molecule has 1 aliphatic heterocycles. The predicted octanol–water partition coefficient (Wildman–Crippen LogP) is 2.04. The Morgan fingerprint density at radius 3 is 2.82 bits per heavy atom. The fourth-order valence-electron chi connectivity index (χ4n) is 2.99. The topological polar surface area (TPSA) is 126 Å². The first-order chi connectivity index (χ1) is 13.4. The quantitative estimate of drug-likeness (QED) is 0.597. The summed E-state index contributed by atoms with van der Waals surface area (Å²) in [6.07, 6.45) is 3.14. The van der Waals surface area contributed by atoms with Gasteiger partial charge in [-0.3, -0.25) is 14.9 Å².